The average Bonchev–Trinajstić information content (AvgIpc) is 3.40. The van der Waals surface area contributed by atoms with Gasteiger partial charge in [0.1, 0.15) is 34.3 Å². The Hall–Kier alpha value is -5.52. The molecule has 4 heterocycles. The van der Waals surface area contributed by atoms with Gasteiger partial charge < -0.3 is 24.0 Å². The van der Waals surface area contributed by atoms with E-state index in [9.17, 15) is 4.79 Å². The maximum absolute atomic E-state index is 16.7. The topological polar surface area (TPSA) is 93.2 Å². The number of amides is 1. The van der Waals surface area contributed by atoms with Crippen molar-refractivity contribution in [1.29, 1.82) is 0 Å². The van der Waals surface area contributed by atoms with Crippen LogP contribution in [0.5, 0.6) is 11.5 Å². The monoisotopic (exact) mass is 722 g/mol. The Morgan fingerprint density at radius 2 is 1.42 bits per heavy atom. The Labute approximate surface area is 308 Å². The van der Waals surface area contributed by atoms with Crippen molar-refractivity contribution in [3.05, 3.63) is 101 Å². The van der Waals surface area contributed by atoms with Gasteiger partial charge in [0.05, 0.1) is 32.0 Å². The summed E-state index contributed by atoms with van der Waals surface area (Å²) in [6, 6.07) is 22.6. The van der Waals surface area contributed by atoms with Crippen molar-refractivity contribution < 1.29 is 27.8 Å². The number of ether oxygens (including phenoxy) is 3. The molecule has 2 aliphatic rings. The lowest BCUT2D eigenvalue weighted by atomic mass is 10.0. The molecule has 5 aromatic rings. The highest BCUT2D eigenvalue weighted by Crippen LogP contribution is 2.38. The number of nitrogens with zero attached hydrogens (tertiary/aromatic N) is 6. The van der Waals surface area contributed by atoms with Crippen LogP contribution in [0.2, 0.25) is 0 Å². The van der Waals surface area contributed by atoms with E-state index >= 15 is 8.78 Å². The summed E-state index contributed by atoms with van der Waals surface area (Å²) in [5, 5.41) is 0.395. The summed E-state index contributed by atoms with van der Waals surface area (Å²) in [7, 11) is 3.27. The van der Waals surface area contributed by atoms with Gasteiger partial charge >= 0.3 is 12.2 Å². The molecule has 1 amide bonds. The largest absolute Gasteiger partial charge is 0.497 e. The third kappa shape index (κ3) is 7.67. The summed E-state index contributed by atoms with van der Waals surface area (Å²) in [5.41, 5.74) is 2.83. The summed E-state index contributed by atoms with van der Waals surface area (Å²) in [5.74, 6) is 1.80. The maximum atomic E-state index is 16.7. The molecular weight excluding hydrogens is 678 g/mol. The van der Waals surface area contributed by atoms with E-state index in [0.29, 0.717) is 48.9 Å². The molecule has 0 spiro atoms. The first-order valence-corrected chi connectivity index (χ1v) is 17.8. The van der Waals surface area contributed by atoms with Gasteiger partial charge in [0, 0.05) is 37.1 Å². The zero-order valence-electron chi connectivity index (χ0n) is 30.9. The fourth-order valence-electron chi connectivity index (χ4n) is 7.32. The Morgan fingerprint density at radius 1 is 0.830 bits per heavy atom. The number of hydrogen-bond acceptors (Lipinski definition) is 9. The molecule has 53 heavy (non-hydrogen) atoms. The fraction of sp³-hybridized carbons (Fsp3) is 0.366. The molecule has 0 radical (unpaired) electrons. The SMILES string of the molecule is COc1ccc(CN(Cc2ccc(OC)cc2)c2cc(C)cc(-c3ccc4c(N5CC6CCC(C5)N6C(=O)OC(C)(C)C)nc(F)nc4c3F)n2)cc1. The zero-order valence-corrected chi connectivity index (χ0v) is 30.9. The van der Waals surface area contributed by atoms with Gasteiger partial charge in [0.15, 0.2) is 5.82 Å². The lowest BCUT2D eigenvalue weighted by molar-refractivity contribution is 0.0122. The van der Waals surface area contributed by atoms with Crippen molar-refractivity contribution >= 4 is 28.6 Å². The van der Waals surface area contributed by atoms with Crippen LogP contribution in [0.3, 0.4) is 0 Å². The molecule has 2 atom stereocenters. The highest BCUT2D eigenvalue weighted by atomic mass is 19.1. The molecule has 2 aliphatic heterocycles. The Bertz CT molecular complexity index is 2060. The minimum absolute atomic E-state index is 0.120. The number of halogens is 2. The quantitative estimate of drug-likeness (QED) is 0.140. The summed E-state index contributed by atoms with van der Waals surface area (Å²) in [6.45, 7) is 9.37. The van der Waals surface area contributed by atoms with Crippen LogP contribution in [0.25, 0.3) is 22.2 Å². The van der Waals surface area contributed by atoms with Crippen LogP contribution in [-0.2, 0) is 17.8 Å². The van der Waals surface area contributed by atoms with Crippen LogP contribution in [0, 0.1) is 18.8 Å². The summed E-state index contributed by atoms with van der Waals surface area (Å²) in [4.78, 5) is 32.0. The highest BCUT2D eigenvalue weighted by molar-refractivity contribution is 5.93. The molecule has 12 heteroatoms. The van der Waals surface area contributed by atoms with E-state index < -0.39 is 17.5 Å². The molecule has 0 saturated carbocycles. The highest BCUT2D eigenvalue weighted by Gasteiger charge is 2.45. The number of anilines is 2. The van der Waals surface area contributed by atoms with Gasteiger partial charge in [-0.1, -0.05) is 24.3 Å². The number of benzene rings is 3. The van der Waals surface area contributed by atoms with Gasteiger partial charge in [-0.2, -0.15) is 14.4 Å². The third-order valence-corrected chi connectivity index (χ3v) is 9.77. The van der Waals surface area contributed by atoms with Gasteiger partial charge in [-0.3, -0.25) is 4.90 Å². The van der Waals surface area contributed by atoms with Gasteiger partial charge in [0.25, 0.3) is 0 Å². The Balaban J connectivity index is 1.22. The minimum atomic E-state index is -1.02. The summed E-state index contributed by atoms with van der Waals surface area (Å²) >= 11 is 0. The molecule has 10 nitrogen and oxygen atoms in total. The minimum Gasteiger partial charge on any atom is -0.497 e. The van der Waals surface area contributed by atoms with Gasteiger partial charge in [0.2, 0.25) is 0 Å². The smallest absolute Gasteiger partial charge is 0.410 e. The number of carbonyl (C=O) groups excluding carboxylic acids is 1. The van der Waals surface area contributed by atoms with E-state index in [1.165, 1.54) is 0 Å². The maximum Gasteiger partial charge on any atom is 0.410 e. The molecule has 276 valence electrons. The predicted octanol–water partition coefficient (Wildman–Crippen LogP) is 8.09. The van der Waals surface area contributed by atoms with Crippen LogP contribution in [0.4, 0.5) is 25.2 Å². The number of methoxy groups -OCH3 is 2. The number of pyridine rings is 1. The lowest BCUT2D eigenvalue weighted by Crippen LogP contribution is -2.57. The second kappa shape index (κ2) is 14.5. The summed E-state index contributed by atoms with van der Waals surface area (Å²) in [6.07, 6.45) is 0.212. The summed E-state index contributed by atoms with van der Waals surface area (Å²) < 4.78 is 48.2. The predicted molar refractivity (Wildman–Crippen MR) is 200 cm³/mol. The average molecular weight is 723 g/mol. The van der Waals surface area contributed by atoms with E-state index in [2.05, 4.69) is 14.9 Å². The molecule has 0 N–H and O–H groups in total. The van der Waals surface area contributed by atoms with Crippen LogP contribution < -0.4 is 19.3 Å². The van der Waals surface area contributed by atoms with Crippen molar-refractivity contribution in [2.24, 2.45) is 0 Å². The van der Waals surface area contributed by atoms with E-state index in [4.69, 9.17) is 19.2 Å². The number of aromatic nitrogens is 3. The van der Waals surface area contributed by atoms with E-state index in [0.717, 1.165) is 41.0 Å². The normalized spacial score (nSPS) is 16.9. The van der Waals surface area contributed by atoms with Crippen molar-refractivity contribution in [2.75, 3.05) is 37.1 Å². The zero-order chi connectivity index (χ0) is 37.4. The first kappa shape index (κ1) is 35.9. The van der Waals surface area contributed by atoms with Crippen LogP contribution >= 0.6 is 0 Å². The molecule has 7 rings (SSSR count). The number of piperazine rings is 1. The van der Waals surface area contributed by atoms with Crippen LogP contribution in [-0.4, -0.2) is 70.9 Å². The van der Waals surface area contributed by atoms with E-state index in [1.807, 2.05) is 93.3 Å². The van der Waals surface area contributed by atoms with Gasteiger partial charge in [-0.15, -0.1) is 0 Å². The number of rotatable bonds is 9. The second-order valence-corrected chi connectivity index (χ2v) is 14.8. The lowest BCUT2D eigenvalue weighted by Gasteiger charge is -2.42. The number of aryl methyl sites for hydroxylation is 1. The first-order chi connectivity index (χ1) is 25.4. The molecule has 2 unspecified atom stereocenters. The van der Waals surface area contributed by atoms with Gasteiger partial charge in [-0.05, 0) is 106 Å². The fourth-order valence-corrected chi connectivity index (χ4v) is 7.32. The molecule has 0 aliphatic carbocycles. The van der Waals surface area contributed by atoms with Gasteiger partial charge in [-0.25, -0.2) is 14.2 Å². The Morgan fingerprint density at radius 3 is 1.96 bits per heavy atom. The molecule has 2 fully saturated rings. The van der Waals surface area contributed by atoms with Crippen molar-refractivity contribution in [3.8, 4) is 22.8 Å². The number of hydrogen-bond donors (Lipinski definition) is 0. The molecule has 2 saturated heterocycles. The van der Waals surface area contributed by atoms with Crippen molar-refractivity contribution in [2.45, 2.75) is 71.3 Å². The third-order valence-electron chi connectivity index (χ3n) is 9.77. The van der Waals surface area contributed by atoms with Crippen molar-refractivity contribution in [1.82, 2.24) is 19.9 Å². The van der Waals surface area contributed by atoms with E-state index in [1.54, 1.807) is 31.3 Å². The van der Waals surface area contributed by atoms with E-state index in [-0.39, 0.29) is 29.3 Å². The number of carbonyl (C=O) groups is 1. The van der Waals surface area contributed by atoms with Crippen molar-refractivity contribution in [3.63, 3.8) is 0 Å². The molecule has 2 bridgehead atoms. The standard InChI is InChI=1S/C41H44F2N6O4/c1-25-19-34(44-35(20-25)47(21-26-7-13-30(51-5)14-8-26)22-27-9-15-31(52-6)16-10-27)32-17-18-33-37(36(32)42)45-39(43)46-38(33)48-23-28-11-12-29(24-48)49(28)40(50)53-41(2,3)4/h7-10,13-20,28-29H,11-12,21-24H2,1-6H3. The molecule has 2 aromatic heterocycles. The van der Waals surface area contributed by atoms with Crippen LogP contribution in [0.1, 0.15) is 50.3 Å². The molecular formula is C41H44F2N6O4. The van der Waals surface area contributed by atoms with Crippen LogP contribution in [0.15, 0.2) is 72.8 Å². The number of fused-ring (bicyclic) bond motifs is 3. The molecule has 3 aromatic carbocycles. The second-order valence-electron chi connectivity index (χ2n) is 14.8. The Kier molecular flexibility index (Phi) is 9.80. The first-order valence-electron chi connectivity index (χ1n) is 17.8.